The third-order valence-corrected chi connectivity index (χ3v) is 4.77. The number of fused-ring (bicyclic) bond motifs is 3. The van der Waals surface area contributed by atoms with Crippen LogP contribution in [-0.2, 0) is 6.42 Å². The highest BCUT2D eigenvalue weighted by Gasteiger charge is 2.13. The van der Waals surface area contributed by atoms with Crippen LogP contribution in [0, 0.1) is 0 Å². The number of aryl methyl sites for hydroxylation is 1. The summed E-state index contributed by atoms with van der Waals surface area (Å²) in [6.07, 6.45) is 2.20. The summed E-state index contributed by atoms with van der Waals surface area (Å²) in [5, 5.41) is 6.01. The van der Waals surface area contributed by atoms with Gasteiger partial charge in [-0.1, -0.05) is 55.8 Å². The molecule has 0 bridgehead atoms. The van der Waals surface area contributed by atoms with Gasteiger partial charge in [-0.2, -0.15) is 0 Å². The van der Waals surface area contributed by atoms with E-state index in [9.17, 15) is 4.79 Å². The van der Waals surface area contributed by atoms with Crippen molar-refractivity contribution in [2.75, 3.05) is 13.2 Å². The Morgan fingerprint density at radius 3 is 2.64 bits per heavy atom. The lowest BCUT2D eigenvalue weighted by atomic mass is 10.1. The van der Waals surface area contributed by atoms with Gasteiger partial charge in [0.15, 0.2) is 5.76 Å². The van der Waals surface area contributed by atoms with Gasteiger partial charge in [0.1, 0.15) is 17.9 Å². The van der Waals surface area contributed by atoms with Gasteiger partial charge in [0, 0.05) is 5.39 Å². The number of furan rings is 1. The first-order chi connectivity index (χ1) is 13.7. The van der Waals surface area contributed by atoms with Crippen LogP contribution in [0.25, 0.3) is 21.7 Å². The van der Waals surface area contributed by atoms with Crippen LogP contribution in [-0.4, -0.2) is 19.1 Å². The Bertz CT molecular complexity index is 1100. The zero-order valence-electron chi connectivity index (χ0n) is 15.9. The second kappa shape index (κ2) is 8.17. The fourth-order valence-corrected chi connectivity index (χ4v) is 3.37. The third-order valence-electron chi connectivity index (χ3n) is 4.77. The lowest BCUT2D eigenvalue weighted by Crippen LogP contribution is -2.27. The van der Waals surface area contributed by atoms with Crippen molar-refractivity contribution in [3.8, 4) is 5.75 Å². The van der Waals surface area contributed by atoms with Crippen LogP contribution in [0.3, 0.4) is 0 Å². The monoisotopic (exact) mass is 373 g/mol. The van der Waals surface area contributed by atoms with Gasteiger partial charge in [-0.15, -0.1) is 0 Å². The highest BCUT2D eigenvalue weighted by Crippen LogP contribution is 2.28. The van der Waals surface area contributed by atoms with E-state index in [0.717, 1.165) is 34.7 Å². The van der Waals surface area contributed by atoms with Gasteiger partial charge in [0.25, 0.3) is 5.91 Å². The van der Waals surface area contributed by atoms with Crippen LogP contribution in [0.5, 0.6) is 5.75 Å². The maximum Gasteiger partial charge on any atom is 0.287 e. The normalized spacial score (nSPS) is 11.0. The molecule has 0 saturated heterocycles. The van der Waals surface area contributed by atoms with Crippen molar-refractivity contribution in [2.24, 2.45) is 0 Å². The molecule has 142 valence electrons. The number of nitrogens with one attached hydrogen (secondary N) is 1. The fourth-order valence-electron chi connectivity index (χ4n) is 3.37. The topological polar surface area (TPSA) is 51.5 Å². The van der Waals surface area contributed by atoms with E-state index in [1.165, 1.54) is 5.56 Å². The Balaban J connectivity index is 1.35. The zero-order valence-corrected chi connectivity index (χ0v) is 15.9. The summed E-state index contributed by atoms with van der Waals surface area (Å²) < 4.78 is 11.4. The van der Waals surface area contributed by atoms with E-state index in [-0.39, 0.29) is 5.91 Å². The fraction of sp³-hybridized carbons (Fsp3) is 0.208. The first-order valence-electron chi connectivity index (χ1n) is 9.66. The lowest BCUT2D eigenvalue weighted by Gasteiger charge is -2.07. The minimum atomic E-state index is -0.234. The standard InChI is InChI=1S/C24H23NO3/c1-2-5-17-8-11-19(12-9-17)27-15-14-25-24(26)23-16-21-20-7-4-3-6-18(20)10-13-22(21)28-23/h3-4,6-13,16H,2,5,14-15H2,1H3,(H,25,26). The minimum absolute atomic E-state index is 0.234. The Morgan fingerprint density at radius 2 is 1.82 bits per heavy atom. The molecule has 0 aliphatic heterocycles. The average molecular weight is 373 g/mol. The smallest absolute Gasteiger partial charge is 0.287 e. The van der Waals surface area contributed by atoms with E-state index in [2.05, 4.69) is 24.4 Å². The highest BCUT2D eigenvalue weighted by molar-refractivity contribution is 6.08. The van der Waals surface area contributed by atoms with Crippen LogP contribution in [0.1, 0.15) is 29.5 Å². The van der Waals surface area contributed by atoms with E-state index in [4.69, 9.17) is 9.15 Å². The molecule has 0 fully saturated rings. The number of amides is 1. The second-order valence-electron chi connectivity index (χ2n) is 6.81. The first-order valence-corrected chi connectivity index (χ1v) is 9.66. The van der Waals surface area contributed by atoms with Crippen LogP contribution >= 0.6 is 0 Å². The Kier molecular flexibility index (Phi) is 5.29. The summed E-state index contributed by atoms with van der Waals surface area (Å²) in [7, 11) is 0. The van der Waals surface area contributed by atoms with Crippen molar-refractivity contribution in [1.82, 2.24) is 5.32 Å². The van der Waals surface area contributed by atoms with Gasteiger partial charge in [-0.25, -0.2) is 0 Å². The van der Waals surface area contributed by atoms with Gasteiger partial charge in [0.2, 0.25) is 0 Å². The van der Waals surface area contributed by atoms with Crippen molar-refractivity contribution in [2.45, 2.75) is 19.8 Å². The molecule has 0 radical (unpaired) electrons. The van der Waals surface area contributed by atoms with Crippen molar-refractivity contribution >= 4 is 27.6 Å². The lowest BCUT2D eigenvalue weighted by molar-refractivity contribution is 0.0921. The molecule has 4 nitrogen and oxygen atoms in total. The molecule has 4 heteroatoms. The van der Waals surface area contributed by atoms with E-state index in [1.807, 2.05) is 48.5 Å². The quantitative estimate of drug-likeness (QED) is 0.445. The molecule has 1 amide bonds. The van der Waals surface area contributed by atoms with Gasteiger partial charge in [-0.3, -0.25) is 4.79 Å². The zero-order chi connectivity index (χ0) is 19.3. The Morgan fingerprint density at radius 1 is 1.00 bits per heavy atom. The van der Waals surface area contributed by atoms with E-state index in [0.29, 0.717) is 24.5 Å². The summed E-state index contributed by atoms with van der Waals surface area (Å²) in [6, 6.07) is 21.9. The Hall–Kier alpha value is -3.27. The molecule has 0 aliphatic rings. The molecule has 1 heterocycles. The SMILES string of the molecule is CCCc1ccc(OCCNC(=O)c2cc3c(ccc4ccccc43)o2)cc1. The molecule has 1 aromatic heterocycles. The number of benzene rings is 3. The maximum absolute atomic E-state index is 12.4. The molecule has 0 unspecified atom stereocenters. The molecule has 0 aliphatic carbocycles. The van der Waals surface area contributed by atoms with Crippen LogP contribution in [0.4, 0.5) is 0 Å². The molecule has 0 atom stereocenters. The number of carbonyl (C=O) groups is 1. The molecule has 3 aromatic carbocycles. The molecule has 0 saturated carbocycles. The molecular formula is C24H23NO3. The predicted octanol–water partition coefficient (Wildman–Crippen LogP) is 5.35. The summed E-state index contributed by atoms with van der Waals surface area (Å²) >= 11 is 0. The van der Waals surface area contributed by atoms with Crippen LogP contribution < -0.4 is 10.1 Å². The van der Waals surface area contributed by atoms with Crippen molar-refractivity contribution in [1.29, 1.82) is 0 Å². The van der Waals surface area contributed by atoms with E-state index in [1.54, 1.807) is 6.07 Å². The molecule has 4 rings (SSSR count). The van der Waals surface area contributed by atoms with Gasteiger partial charge < -0.3 is 14.5 Å². The number of hydrogen-bond donors (Lipinski definition) is 1. The number of ether oxygens (including phenoxy) is 1. The third kappa shape index (κ3) is 3.86. The van der Waals surface area contributed by atoms with Crippen LogP contribution in [0.2, 0.25) is 0 Å². The molecular weight excluding hydrogens is 350 g/mol. The predicted molar refractivity (Wildman–Crippen MR) is 112 cm³/mol. The summed E-state index contributed by atoms with van der Waals surface area (Å²) in [5.74, 6) is 0.891. The molecule has 0 spiro atoms. The summed E-state index contributed by atoms with van der Waals surface area (Å²) in [4.78, 5) is 12.4. The van der Waals surface area contributed by atoms with Crippen molar-refractivity contribution < 1.29 is 13.9 Å². The maximum atomic E-state index is 12.4. The minimum Gasteiger partial charge on any atom is -0.492 e. The first kappa shape index (κ1) is 18.1. The van der Waals surface area contributed by atoms with E-state index >= 15 is 0 Å². The van der Waals surface area contributed by atoms with Gasteiger partial charge >= 0.3 is 0 Å². The number of rotatable bonds is 7. The van der Waals surface area contributed by atoms with Gasteiger partial charge in [0.05, 0.1) is 6.54 Å². The van der Waals surface area contributed by atoms with Crippen LogP contribution in [0.15, 0.2) is 71.1 Å². The number of hydrogen-bond acceptors (Lipinski definition) is 3. The molecule has 28 heavy (non-hydrogen) atoms. The second-order valence-corrected chi connectivity index (χ2v) is 6.81. The molecule has 4 aromatic rings. The van der Waals surface area contributed by atoms with Crippen molar-refractivity contribution in [3.63, 3.8) is 0 Å². The summed E-state index contributed by atoms with van der Waals surface area (Å²) in [5.41, 5.74) is 2.02. The number of carbonyl (C=O) groups excluding carboxylic acids is 1. The molecule has 1 N–H and O–H groups in total. The average Bonchev–Trinajstić information content (AvgIpc) is 3.17. The van der Waals surface area contributed by atoms with Crippen molar-refractivity contribution in [3.05, 3.63) is 78.1 Å². The summed E-state index contributed by atoms with van der Waals surface area (Å²) in [6.45, 7) is 2.98. The van der Waals surface area contributed by atoms with E-state index < -0.39 is 0 Å². The largest absolute Gasteiger partial charge is 0.492 e. The highest BCUT2D eigenvalue weighted by atomic mass is 16.5. The van der Waals surface area contributed by atoms with Gasteiger partial charge in [-0.05, 0) is 47.0 Å². The Labute approximate surface area is 164 Å².